The van der Waals surface area contributed by atoms with Crippen LogP contribution in [-0.4, -0.2) is 50.5 Å². The van der Waals surface area contributed by atoms with Gasteiger partial charge in [0, 0.05) is 35.8 Å². The Morgan fingerprint density at radius 2 is 2.05 bits per heavy atom. The van der Waals surface area contributed by atoms with Crippen molar-refractivity contribution in [3.8, 4) is 0 Å². The summed E-state index contributed by atoms with van der Waals surface area (Å²) in [5.74, 6) is 0.570. The molecular weight excluding hydrogens is 328 g/mol. The first-order chi connectivity index (χ1) is 8.96. The van der Waals surface area contributed by atoms with Crippen molar-refractivity contribution in [1.29, 1.82) is 0 Å². The van der Waals surface area contributed by atoms with E-state index in [4.69, 9.17) is 0 Å². The van der Waals surface area contributed by atoms with Gasteiger partial charge in [-0.05, 0) is 31.2 Å². The van der Waals surface area contributed by atoms with Crippen molar-refractivity contribution in [2.75, 3.05) is 36.5 Å². The fraction of sp³-hybridized carbons (Fsp3) is 0.538. The normalized spacial score (nSPS) is 23.2. The molecule has 1 aliphatic rings. The topological polar surface area (TPSA) is 49.4 Å². The van der Waals surface area contributed by atoms with Gasteiger partial charge in [0.1, 0.15) is 0 Å². The van der Waals surface area contributed by atoms with Crippen LogP contribution in [0.3, 0.4) is 0 Å². The lowest BCUT2D eigenvalue weighted by Gasteiger charge is -2.33. The minimum absolute atomic E-state index is 0.116. The maximum absolute atomic E-state index is 11.5. The zero-order chi connectivity index (χ0) is 13.9. The van der Waals surface area contributed by atoms with E-state index in [1.54, 1.807) is 0 Å². The highest BCUT2D eigenvalue weighted by Crippen LogP contribution is 2.14. The molecule has 1 saturated heterocycles. The largest absolute Gasteiger partial charge is 0.384 e. The van der Waals surface area contributed by atoms with E-state index < -0.39 is 9.84 Å². The summed E-state index contributed by atoms with van der Waals surface area (Å²) < 4.78 is 24.0. The number of anilines is 1. The monoisotopic (exact) mass is 346 g/mol. The fourth-order valence-corrected chi connectivity index (χ4v) is 4.17. The molecule has 106 valence electrons. The predicted octanol–water partition coefficient (Wildman–Crippen LogP) is 1.98. The molecule has 0 aromatic heterocycles. The quantitative estimate of drug-likeness (QED) is 0.905. The predicted molar refractivity (Wildman–Crippen MR) is 82.3 cm³/mol. The van der Waals surface area contributed by atoms with Crippen molar-refractivity contribution in [2.45, 2.75) is 13.0 Å². The van der Waals surface area contributed by atoms with E-state index >= 15 is 0 Å². The molecule has 1 atom stereocenters. The Hall–Kier alpha value is -0.590. The average molecular weight is 347 g/mol. The molecule has 6 heteroatoms. The van der Waals surface area contributed by atoms with Gasteiger partial charge in [-0.25, -0.2) is 8.42 Å². The molecule has 1 fully saturated rings. The van der Waals surface area contributed by atoms with E-state index in [0.29, 0.717) is 6.54 Å². The van der Waals surface area contributed by atoms with Crippen LogP contribution >= 0.6 is 15.9 Å². The van der Waals surface area contributed by atoms with Crippen molar-refractivity contribution < 1.29 is 8.42 Å². The number of halogens is 1. The van der Waals surface area contributed by atoms with Crippen LogP contribution in [0.5, 0.6) is 0 Å². The molecule has 19 heavy (non-hydrogen) atoms. The van der Waals surface area contributed by atoms with Crippen LogP contribution in [0.15, 0.2) is 28.7 Å². The number of nitrogens with one attached hydrogen (secondary N) is 1. The van der Waals surface area contributed by atoms with Gasteiger partial charge in [-0.2, -0.15) is 0 Å². The summed E-state index contributed by atoms with van der Waals surface area (Å²) in [7, 11) is -2.81. The van der Waals surface area contributed by atoms with Crippen LogP contribution < -0.4 is 5.32 Å². The summed E-state index contributed by atoms with van der Waals surface area (Å²) >= 11 is 3.40. The summed E-state index contributed by atoms with van der Waals surface area (Å²) in [4.78, 5) is 2.23. The van der Waals surface area contributed by atoms with Gasteiger partial charge < -0.3 is 5.32 Å². The molecule has 0 radical (unpaired) electrons. The molecule has 1 N–H and O–H groups in total. The number of hydrogen-bond acceptors (Lipinski definition) is 4. The maximum atomic E-state index is 11.5. The Morgan fingerprint density at radius 3 is 2.68 bits per heavy atom. The summed E-state index contributed by atoms with van der Waals surface area (Å²) in [6.07, 6.45) is 0. The molecule has 1 aromatic rings. The summed E-state index contributed by atoms with van der Waals surface area (Å²) in [6.45, 7) is 4.32. The van der Waals surface area contributed by atoms with Crippen LogP contribution in [0.2, 0.25) is 0 Å². The Bertz CT molecular complexity index is 516. The Labute approximate surface area is 123 Å². The van der Waals surface area contributed by atoms with Gasteiger partial charge in [0.05, 0.1) is 11.5 Å². The van der Waals surface area contributed by atoms with Crippen LogP contribution in [0.1, 0.15) is 6.92 Å². The van der Waals surface area contributed by atoms with Crippen LogP contribution in [0.25, 0.3) is 0 Å². The van der Waals surface area contributed by atoms with E-state index in [1.165, 1.54) is 0 Å². The minimum Gasteiger partial charge on any atom is -0.384 e. The maximum Gasteiger partial charge on any atom is 0.153 e. The molecule has 0 bridgehead atoms. The number of hydrogen-bond donors (Lipinski definition) is 1. The SMILES string of the molecule is CC1CS(=O)(=O)CCN1CCNc1ccc(Br)cc1. The third-order valence-corrected chi connectivity index (χ3v) is 5.70. The van der Waals surface area contributed by atoms with E-state index in [1.807, 2.05) is 31.2 Å². The van der Waals surface area contributed by atoms with Crippen molar-refractivity contribution >= 4 is 31.5 Å². The number of nitrogens with zero attached hydrogens (tertiary/aromatic N) is 1. The first kappa shape index (κ1) is 14.8. The van der Waals surface area contributed by atoms with Crippen LogP contribution in [0.4, 0.5) is 5.69 Å². The Kier molecular flexibility index (Phi) is 4.86. The molecule has 2 rings (SSSR count). The summed E-state index contributed by atoms with van der Waals surface area (Å²) in [5.41, 5.74) is 1.08. The molecule has 1 unspecified atom stereocenters. The van der Waals surface area contributed by atoms with Gasteiger partial charge in [-0.3, -0.25) is 4.90 Å². The summed E-state index contributed by atoms with van der Waals surface area (Å²) in [6, 6.07) is 8.16. The van der Waals surface area contributed by atoms with E-state index in [9.17, 15) is 8.42 Å². The van der Waals surface area contributed by atoms with Crippen LogP contribution in [0, 0.1) is 0 Å². The molecule has 1 aromatic carbocycles. The lowest BCUT2D eigenvalue weighted by atomic mass is 10.3. The third kappa shape index (κ3) is 4.47. The standard InChI is InChI=1S/C13H19BrN2O2S/c1-11-10-19(17,18)9-8-16(11)7-6-15-13-4-2-12(14)3-5-13/h2-5,11,15H,6-10H2,1H3. The molecule has 1 aliphatic heterocycles. The molecule has 0 amide bonds. The Balaban J connectivity index is 1.78. The molecular formula is C13H19BrN2O2S. The number of benzene rings is 1. The van der Waals surface area contributed by atoms with Crippen LogP contribution in [-0.2, 0) is 9.84 Å². The number of rotatable bonds is 4. The van der Waals surface area contributed by atoms with E-state index in [-0.39, 0.29) is 17.5 Å². The summed E-state index contributed by atoms with van der Waals surface area (Å²) in [5, 5.41) is 3.35. The minimum atomic E-state index is -2.81. The van der Waals surface area contributed by atoms with Gasteiger partial charge >= 0.3 is 0 Å². The number of sulfone groups is 1. The van der Waals surface area contributed by atoms with E-state index in [0.717, 1.165) is 23.2 Å². The highest BCUT2D eigenvalue weighted by molar-refractivity contribution is 9.10. The van der Waals surface area contributed by atoms with Gasteiger partial charge in [-0.15, -0.1) is 0 Å². The second-order valence-corrected chi connectivity index (χ2v) is 8.08. The first-order valence-corrected chi connectivity index (χ1v) is 9.02. The van der Waals surface area contributed by atoms with E-state index in [2.05, 4.69) is 26.1 Å². The smallest absolute Gasteiger partial charge is 0.153 e. The first-order valence-electron chi connectivity index (χ1n) is 6.40. The van der Waals surface area contributed by atoms with Gasteiger partial charge in [-0.1, -0.05) is 15.9 Å². The lowest BCUT2D eigenvalue weighted by Crippen LogP contribution is -2.48. The molecule has 0 saturated carbocycles. The molecule has 4 nitrogen and oxygen atoms in total. The zero-order valence-electron chi connectivity index (χ0n) is 11.0. The lowest BCUT2D eigenvalue weighted by molar-refractivity contribution is 0.235. The van der Waals surface area contributed by atoms with Gasteiger partial charge in [0.2, 0.25) is 0 Å². The second kappa shape index (κ2) is 6.24. The van der Waals surface area contributed by atoms with Crippen molar-refractivity contribution in [3.63, 3.8) is 0 Å². The van der Waals surface area contributed by atoms with Gasteiger partial charge in [0.15, 0.2) is 9.84 Å². The Morgan fingerprint density at radius 1 is 1.37 bits per heavy atom. The van der Waals surface area contributed by atoms with Crippen molar-refractivity contribution in [1.82, 2.24) is 4.90 Å². The van der Waals surface area contributed by atoms with Gasteiger partial charge in [0.25, 0.3) is 0 Å². The highest BCUT2D eigenvalue weighted by Gasteiger charge is 2.27. The fourth-order valence-electron chi connectivity index (χ4n) is 2.28. The van der Waals surface area contributed by atoms with Crippen molar-refractivity contribution in [2.24, 2.45) is 0 Å². The highest BCUT2D eigenvalue weighted by atomic mass is 79.9. The zero-order valence-corrected chi connectivity index (χ0v) is 13.4. The third-order valence-electron chi connectivity index (χ3n) is 3.38. The molecule has 0 spiro atoms. The molecule has 0 aliphatic carbocycles. The molecule has 1 heterocycles. The second-order valence-electron chi connectivity index (χ2n) is 4.93. The van der Waals surface area contributed by atoms with Crippen molar-refractivity contribution in [3.05, 3.63) is 28.7 Å². The average Bonchev–Trinajstić information content (AvgIpc) is 2.34.